The molecule has 0 bridgehead atoms. The van der Waals surface area contributed by atoms with E-state index in [1.165, 1.54) is 0 Å². The second-order valence-corrected chi connectivity index (χ2v) is 11.0. The Hall–Kier alpha value is -3.50. The molecule has 1 aliphatic heterocycles. The molecule has 42 heavy (non-hydrogen) atoms. The van der Waals surface area contributed by atoms with Crippen molar-refractivity contribution in [1.82, 2.24) is 15.6 Å². The van der Waals surface area contributed by atoms with Gasteiger partial charge in [0, 0.05) is 67.9 Å². The number of nitrogens with zero attached hydrogens (tertiary/aromatic N) is 1. The summed E-state index contributed by atoms with van der Waals surface area (Å²) in [5.74, 6) is -0.270. The van der Waals surface area contributed by atoms with Crippen molar-refractivity contribution in [2.45, 2.75) is 65.8 Å². The fraction of sp³-hybridized carbons (Fsp3) is 0.455. The number of aryl methyl sites for hydroxylation is 2. The quantitative estimate of drug-likeness (QED) is 0.224. The van der Waals surface area contributed by atoms with E-state index in [1.807, 2.05) is 57.2 Å². The van der Waals surface area contributed by atoms with E-state index in [9.17, 15) is 19.8 Å². The summed E-state index contributed by atoms with van der Waals surface area (Å²) in [6.07, 6.45) is 0.906. The van der Waals surface area contributed by atoms with E-state index < -0.39 is 6.10 Å². The first-order valence-electron chi connectivity index (χ1n) is 14.8. The minimum atomic E-state index is -0.914. The predicted molar refractivity (Wildman–Crippen MR) is 166 cm³/mol. The number of benzene rings is 2. The highest BCUT2D eigenvalue weighted by Gasteiger charge is 2.28. The zero-order valence-corrected chi connectivity index (χ0v) is 25.1. The van der Waals surface area contributed by atoms with Crippen LogP contribution in [-0.2, 0) is 17.8 Å². The summed E-state index contributed by atoms with van der Waals surface area (Å²) in [7, 11) is 0. The van der Waals surface area contributed by atoms with Gasteiger partial charge < -0.3 is 35.5 Å². The van der Waals surface area contributed by atoms with Crippen molar-refractivity contribution in [2.24, 2.45) is 0 Å². The van der Waals surface area contributed by atoms with E-state index in [-0.39, 0.29) is 31.2 Å². The second-order valence-electron chi connectivity index (χ2n) is 11.0. The lowest BCUT2D eigenvalue weighted by molar-refractivity contribution is 0.0845. The molecule has 4 rings (SSSR count). The van der Waals surface area contributed by atoms with Gasteiger partial charge in [-0.1, -0.05) is 30.3 Å². The number of hydrogen-bond donors (Lipinski definition) is 5. The molecule has 5 N–H and O–H groups in total. The van der Waals surface area contributed by atoms with Crippen molar-refractivity contribution < 1.29 is 19.7 Å². The van der Waals surface area contributed by atoms with Crippen molar-refractivity contribution in [3.05, 3.63) is 86.3 Å². The van der Waals surface area contributed by atoms with Crippen molar-refractivity contribution in [2.75, 3.05) is 37.8 Å². The minimum Gasteiger partial charge on any atom is -0.394 e. The first-order chi connectivity index (χ1) is 20.2. The summed E-state index contributed by atoms with van der Waals surface area (Å²) in [5, 5.41) is 25.6. The van der Waals surface area contributed by atoms with Crippen LogP contribution in [0.2, 0.25) is 0 Å². The Morgan fingerprint density at radius 1 is 1.10 bits per heavy atom. The van der Waals surface area contributed by atoms with E-state index in [1.54, 1.807) is 0 Å². The van der Waals surface area contributed by atoms with E-state index in [0.717, 1.165) is 58.6 Å². The summed E-state index contributed by atoms with van der Waals surface area (Å²) < 4.78 is 5.64. The minimum absolute atomic E-state index is 0.0954. The number of H-pyrrole nitrogens is 1. The molecule has 3 aromatic rings. The number of aliphatic hydroxyl groups is 2. The maximum absolute atomic E-state index is 14.1. The topological polar surface area (TPSA) is 127 Å². The zero-order chi connectivity index (χ0) is 30.2. The predicted octanol–water partition coefficient (Wildman–Crippen LogP) is 3.35. The van der Waals surface area contributed by atoms with Gasteiger partial charge in [0.1, 0.15) is 0 Å². The number of anilines is 1. The number of aliphatic hydroxyl groups excluding tert-OH is 2. The fourth-order valence-electron chi connectivity index (χ4n) is 5.89. The Labute approximate surface area is 247 Å². The summed E-state index contributed by atoms with van der Waals surface area (Å²) in [4.78, 5) is 32.1. The SMILES string of the molecule is CCN(c1cc(-c2ccccc2)c(CNCC(O)CO)c(C(=O)NCc2c(C)cc(C)[nH]c2=O)c1C)C1CCOCC1. The highest BCUT2D eigenvalue weighted by Crippen LogP contribution is 2.37. The van der Waals surface area contributed by atoms with Crippen LogP contribution in [0.4, 0.5) is 5.69 Å². The van der Waals surface area contributed by atoms with Crippen molar-refractivity contribution in [3.8, 4) is 11.1 Å². The first kappa shape index (κ1) is 31.4. The van der Waals surface area contributed by atoms with Crippen LogP contribution in [0.15, 0.2) is 47.3 Å². The molecule has 0 radical (unpaired) electrons. The van der Waals surface area contributed by atoms with E-state index in [2.05, 4.69) is 33.5 Å². The third-order valence-corrected chi connectivity index (χ3v) is 8.07. The van der Waals surface area contributed by atoms with Crippen molar-refractivity contribution in [1.29, 1.82) is 0 Å². The van der Waals surface area contributed by atoms with Crippen LogP contribution < -0.4 is 21.1 Å². The zero-order valence-electron chi connectivity index (χ0n) is 25.1. The Balaban J connectivity index is 1.84. The van der Waals surface area contributed by atoms with E-state index in [0.29, 0.717) is 36.9 Å². The molecule has 2 aromatic carbocycles. The van der Waals surface area contributed by atoms with Gasteiger partial charge in [-0.15, -0.1) is 0 Å². The first-order valence-corrected chi connectivity index (χ1v) is 14.8. The van der Waals surface area contributed by atoms with Gasteiger partial charge in [0.05, 0.1) is 12.7 Å². The Morgan fingerprint density at radius 2 is 1.81 bits per heavy atom. The number of ether oxygens (including phenoxy) is 1. The molecule has 0 saturated carbocycles. The lowest BCUT2D eigenvalue weighted by atomic mass is 9.89. The number of hydrogen-bond acceptors (Lipinski definition) is 7. The lowest BCUT2D eigenvalue weighted by Crippen LogP contribution is -2.40. The van der Waals surface area contributed by atoms with E-state index >= 15 is 0 Å². The van der Waals surface area contributed by atoms with Gasteiger partial charge in [-0.05, 0) is 80.5 Å². The maximum atomic E-state index is 14.1. The smallest absolute Gasteiger partial charge is 0.253 e. The molecule has 1 aromatic heterocycles. The Bertz CT molecular complexity index is 1420. The third kappa shape index (κ3) is 7.28. The average Bonchev–Trinajstić information content (AvgIpc) is 2.98. The molecule has 9 nitrogen and oxygen atoms in total. The second kappa shape index (κ2) is 14.6. The molecule has 2 heterocycles. The molecule has 226 valence electrons. The molecular weight excluding hydrogens is 532 g/mol. The Kier molecular flexibility index (Phi) is 10.9. The van der Waals surface area contributed by atoms with Gasteiger partial charge in [-0.2, -0.15) is 0 Å². The Morgan fingerprint density at radius 3 is 2.45 bits per heavy atom. The number of rotatable bonds is 12. The lowest BCUT2D eigenvalue weighted by Gasteiger charge is -2.37. The fourth-order valence-corrected chi connectivity index (χ4v) is 5.89. The normalized spacial score (nSPS) is 14.5. The highest BCUT2D eigenvalue weighted by molar-refractivity contribution is 6.01. The van der Waals surface area contributed by atoms with Crippen molar-refractivity contribution in [3.63, 3.8) is 0 Å². The number of amides is 1. The van der Waals surface area contributed by atoms with Crippen LogP contribution in [0, 0.1) is 20.8 Å². The number of carbonyl (C=O) groups excluding carboxylic acids is 1. The average molecular weight is 577 g/mol. The molecule has 1 amide bonds. The molecule has 1 unspecified atom stereocenters. The molecular formula is C33H44N4O5. The molecule has 1 aliphatic rings. The molecule has 1 saturated heterocycles. The van der Waals surface area contributed by atoms with Crippen LogP contribution in [0.3, 0.4) is 0 Å². The third-order valence-electron chi connectivity index (χ3n) is 8.07. The van der Waals surface area contributed by atoms with E-state index in [4.69, 9.17) is 4.74 Å². The number of carbonyl (C=O) groups is 1. The molecule has 0 aliphatic carbocycles. The standard InChI is InChI=1S/C33H44N4O5/c1-5-37(25-11-13-42-14-12-25)30-16-27(24-9-7-6-8-10-24)29(18-34-17-26(39)20-38)31(23(30)4)33(41)35-19-28-21(2)15-22(3)36-32(28)40/h6-10,15-16,25-26,34,38-39H,5,11-14,17-20H2,1-4H3,(H,35,41)(H,36,40). The van der Waals surface area contributed by atoms with Crippen LogP contribution in [0.1, 0.15) is 58.1 Å². The van der Waals surface area contributed by atoms with Gasteiger partial charge in [0.25, 0.3) is 11.5 Å². The van der Waals surface area contributed by atoms with Gasteiger partial charge in [0.2, 0.25) is 0 Å². The van der Waals surface area contributed by atoms with Crippen LogP contribution >= 0.6 is 0 Å². The van der Waals surface area contributed by atoms with Gasteiger partial charge >= 0.3 is 0 Å². The molecule has 1 atom stereocenters. The summed E-state index contributed by atoms with van der Waals surface area (Å²) in [5.41, 5.74) is 6.99. The number of aromatic nitrogens is 1. The van der Waals surface area contributed by atoms with Gasteiger partial charge in [-0.25, -0.2) is 0 Å². The number of aromatic amines is 1. The van der Waals surface area contributed by atoms with Crippen LogP contribution in [0.5, 0.6) is 0 Å². The number of pyridine rings is 1. The molecule has 1 fully saturated rings. The summed E-state index contributed by atoms with van der Waals surface area (Å²) >= 11 is 0. The van der Waals surface area contributed by atoms with Crippen molar-refractivity contribution >= 4 is 11.6 Å². The van der Waals surface area contributed by atoms with Gasteiger partial charge in [0.15, 0.2) is 0 Å². The highest BCUT2D eigenvalue weighted by atomic mass is 16.5. The molecule has 9 heteroatoms. The monoisotopic (exact) mass is 576 g/mol. The van der Waals surface area contributed by atoms with Crippen LogP contribution in [-0.4, -0.2) is 66.2 Å². The maximum Gasteiger partial charge on any atom is 0.253 e. The largest absolute Gasteiger partial charge is 0.394 e. The number of nitrogens with one attached hydrogen (secondary N) is 3. The summed E-state index contributed by atoms with van der Waals surface area (Å²) in [6, 6.07) is 14.3. The van der Waals surface area contributed by atoms with Crippen LogP contribution in [0.25, 0.3) is 11.1 Å². The molecule has 0 spiro atoms. The summed E-state index contributed by atoms with van der Waals surface area (Å²) in [6.45, 7) is 10.2. The van der Waals surface area contributed by atoms with Gasteiger partial charge in [-0.3, -0.25) is 9.59 Å².